The first-order valence-corrected chi connectivity index (χ1v) is 5.12. The summed E-state index contributed by atoms with van der Waals surface area (Å²) >= 11 is 0. The number of hydrogen-bond acceptors (Lipinski definition) is 7. The molecule has 0 unspecified atom stereocenters. The van der Waals surface area contributed by atoms with E-state index in [0.29, 0.717) is 0 Å². The first-order valence-electron chi connectivity index (χ1n) is 5.12. The van der Waals surface area contributed by atoms with Gasteiger partial charge >= 0.3 is 11.6 Å². The van der Waals surface area contributed by atoms with Crippen LogP contribution in [0.4, 0.5) is 20.4 Å². The van der Waals surface area contributed by atoms with Crippen LogP contribution >= 0.6 is 0 Å². The van der Waals surface area contributed by atoms with Crippen LogP contribution in [-0.4, -0.2) is 14.9 Å². The highest BCUT2D eigenvalue weighted by Gasteiger charge is 2.21. The maximum absolute atomic E-state index is 13.4. The fourth-order valence-corrected chi connectivity index (χ4v) is 1.29. The van der Waals surface area contributed by atoms with E-state index in [0.717, 1.165) is 24.4 Å². The number of nitrogen functional groups attached to an aromatic ring is 1. The van der Waals surface area contributed by atoms with Crippen LogP contribution in [0, 0.1) is 21.7 Å². The molecule has 3 N–H and O–H groups in total. The van der Waals surface area contributed by atoms with Crippen molar-refractivity contribution >= 4 is 11.6 Å². The van der Waals surface area contributed by atoms with Gasteiger partial charge in [-0.3, -0.25) is 15.5 Å². The fourth-order valence-electron chi connectivity index (χ4n) is 1.29. The van der Waals surface area contributed by atoms with Gasteiger partial charge in [0, 0.05) is 6.07 Å². The SMILES string of the molecule is NNc1ncc([N+](=O)[O-])c(Oc2cc(F)ccc2F)n1. The first kappa shape index (κ1) is 13.5. The van der Waals surface area contributed by atoms with Crippen molar-refractivity contribution in [2.45, 2.75) is 0 Å². The number of anilines is 1. The Hall–Kier alpha value is -2.88. The summed E-state index contributed by atoms with van der Waals surface area (Å²) in [5.41, 5.74) is 1.43. The molecule has 0 saturated carbocycles. The molecule has 2 rings (SSSR count). The van der Waals surface area contributed by atoms with Gasteiger partial charge in [0.05, 0.1) is 4.92 Å². The Balaban J connectivity index is 2.45. The maximum atomic E-state index is 13.4. The number of nitro groups is 1. The molecule has 0 fully saturated rings. The molecule has 104 valence electrons. The number of nitrogens with one attached hydrogen (secondary N) is 1. The Morgan fingerprint density at radius 3 is 2.80 bits per heavy atom. The Labute approximate surface area is 110 Å². The van der Waals surface area contributed by atoms with E-state index < -0.39 is 33.9 Å². The van der Waals surface area contributed by atoms with Crippen LogP contribution < -0.4 is 16.0 Å². The number of aromatic nitrogens is 2. The van der Waals surface area contributed by atoms with E-state index in [1.54, 1.807) is 0 Å². The smallest absolute Gasteiger partial charge is 0.349 e. The second-order valence-corrected chi connectivity index (χ2v) is 3.46. The van der Waals surface area contributed by atoms with Crippen LogP contribution in [0.2, 0.25) is 0 Å². The minimum Gasteiger partial charge on any atom is -0.430 e. The lowest BCUT2D eigenvalue weighted by molar-refractivity contribution is -0.386. The molecule has 20 heavy (non-hydrogen) atoms. The third-order valence-electron chi connectivity index (χ3n) is 2.16. The normalized spacial score (nSPS) is 10.2. The topological polar surface area (TPSA) is 116 Å². The Kier molecular flexibility index (Phi) is 3.66. The summed E-state index contributed by atoms with van der Waals surface area (Å²) in [4.78, 5) is 17.1. The Bertz CT molecular complexity index is 667. The van der Waals surface area contributed by atoms with Crippen molar-refractivity contribution in [1.82, 2.24) is 9.97 Å². The molecule has 1 aromatic carbocycles. The van der Waals surface area contributed by atoms with Gasteiger partial charge in [0.25, 0.3) is 0 Å². The predicted octanol–water partition coefficient (Wildman–Crippen LogP) is 1.74. The summed E-state index contributed by atoms with van der Waals surface area (Å²) < 4.78 is 31.4. The van der Waals surface area contributed by atoms with Crippen LogP contribution in [0.25, 0.3) is 0 Å². The third-order valence-corrected chi connectivity index (χ3v) is 2.16. The van der Waals surface area contributed by atoms with E-state index >= 15 is 0 Å². The van der Waals surface area contributed by atoms with Crippen molar-refractivity contribution in [2.75, 3.05) is 5.43 Å². The zero-order valence-electron chi connectivity index (χ0n) is 9.71. The molecule has 0 radical (unpaired) electrons. The van der Waals surface area contributed by atoms with Gasteiger partial charge in [0.1, 0.15) is 12.0 Å². The van der Waals surface area contributed by atoms with Crippen molar-refractivity contribution in [3.63, 3.8) is 0 Å². The van der Waals surface area contributed by atoms with Gasteiger partial charge in [-0.1, -0.05) is 0 Å². The number of benzene rings is 1. The molecule has 8 nitrogen and oxygen atoms in total. The third kappa shape index (κ3) is 2.75. The molecular formula is C10H7F2N5O3. The predicted molar refractivity (Wildman–Crippen MR) is 62.9 cm³/mol. The minimum atomic E-state index is -0.901. The lowest BCUT2D eigenvalue weighted by Gasteiger charge is -2.07. The summed E-state index contributed by atoms with van der Waals surface area (Å²) in [5, 5.41) is 10.8. The minimum absolute atomic E-state index is 0.178. The van der Waals surface area contributed by atoms with Crippen molar-refractivity contribution in [1.29, 1.82) is 0 Å². The van der Waals surface area contributed by atoms with Gasteiger partial charge in [0.2, 0.25) is 5.95 Å². The molecule has 0 aliphatic rings. The zero-order valence-corrected chi connectivity index (χ0v) is 9.71. The van der Waals surface area contributed by atoms with Crippen LogP contribution in [-0.2, 0) is 0 Å². The molecule has 1 aromatic heterocycles. The molecule has 0 amide bonds. The van der Waals surface area contributed by atoms with Crippen molar-refractivity contribution in [3.05, 3.63) is 46.1 Å². The van der Waals surface area contributed by atoms with E-state index in [1.165, 1.54) is 0 Å². The number of hydrazine groups is 1. The second kappa shape index (κ2) is 5.40. The lowest BCUT2D eigenvalue weighted by Crippen LogP contribution is -2.11. The van der Waals surface area contributed by atoms with Crippen molar-refractivity contribution in [2.24, 2.45) is 5.84 Å². The quantitative estimate of drug-likeness (QED) is 0.498. The monoisotopic (exact) mass is 283 g/mol. The molecule has 2 aromatic rings. The molecule has 0 spiro atoms. The van der Waals surface area contributed by atoms with Crippen LogP contribution in [0.5, 0.6) is 11.6 Å². The van der Waals surface area contributed by atoms with Crippen molar-refractivity contribution in [3.8, 4) is 11.6 Å². The first-order chi connectivity index (χ1) is 9.51. The molecule has 0 bridgehead atoms. The number of hydrogen-bond donors (Lipinski definition) is 2. The summed E-state index contributed by atoms with van der Waals surface area (Å²) in [6.45, 7) is 0. The van der Waals surface area contributed by atoms with E-state index in [4.69, 9.17) is 10.6 Å². The fraction of sp³-hybridized carbons (Fsp3) is 0. The summed E-state index contributed by atoms with van der Waals surface area (Å²) in [6.07, 6.45) is 0.828. The van der Waals surface area contributed by atoms with Gasteiger partial charge in [-0.25, -0.2) is 19.6 Å². The highest BCUT2D eigenvalue weighted by atomic mass is 19.1. The highest BCUT2D eigenvalue weighted by molar-refractivity contribution is 5.45. The van der Waals surface area contributed by atoms with Crippen molar-refractivity contribution < 1.29 is 18.4 Å². The molecule has 0 saturated heterocycles. The van der Waals surface area contributed by atoms with Gasteiger partial charge in [-0.05, 0) is 12.1 Å². The van der Waals surface area contributed by atoms with Crippen LogP contribution in [0.1, 0.15) is 0 Å². The number of rotatable bonds is 4. The largest absolute Gasteiger partial charge is 0.430 e. The molecule has 0 aliphatic carbocycles. The van der Waals surface area contributed by atoms with Crippen LogP contribution in [0.3, 0.4) is 0 Å². The molecule has 0 atom stereocenters. The average Bonchev–Trinajstić information content (AvgIpc) is 2.42. The van der Waals surface area contributed by atoms with E-state index in [2.05, 4.69) is 15.4 Å². The number of nitrogens with zero attached hydrogens (tertiary/aromatic N) is 3. The Morgan fingerprint density at radius 2 is 2.15 bits per heavy atom. The summed E-state index contributed by atoms with van der Waals surface area (Å²) in [7, 11) is 0. The maximum Gasteiger partial charge on any atom is 0.349 e. The van der Waals surface area contributed by atoms with Crippen LogP contribution in [0.15, 0.2) is 24.4 Å². The molecule has 0 aliphatic heterocycles. The number of ether oxygens (including phenoxy) is 1. The average molecular weight is 283 g/mol. The van der Waals surface area contributed by atoms with E-state index in [1.807, 2.05) is 0 Å². The zero-order chi connectivity index (χ0) is 14.7. The molecule has 1 heterocycles. The summed E-state index contributed by atoms with van der Waals surface area (Å²) in [6, 6.07) is 2.43. The number of nitrogens with two attached hydrogens (primary N) is 1. The van der Waals surface area contributed by atoms with Gasteiger partial charge in [-0.15, -0.1) is 0 Å². The van der Waals surface area contributed by atoms with E-state index in [-0.39, 0.29) is 5.95 Å². The number of halogens is 2. The molecular weight excluding hydrogens is 276 g/mol. The highest BCUT2D eigenvalue weighted by Crippen LogP contribution is 2.31. The van der Waals surface area contributed by atoms with Gasteiger partial charge < -0.3 is 4.74 Å². The van der Waals surface area contributed by atoms with Gasteiger partial charge in [-0.2, -0.15) is 4.98 Å². The molecule has 10 heteroatoms. The Morgan fingerprint density at radius 1 is 1.40 bits per heavy atom. The van der Waals surface area contributed by atoms with E-state index in [9.17, 15) is 18.9 Å². The summed E-state index contributed by atoms with van der Waals surface area (Å²) in [5.74, 6) is 2.10. The standard InChI is InChI=1S/C10H7F2N5O3/c11-5-1-2-6(12)8(3-5)20-9-7(17(18)19)4-14-10(15-9)16-13/h1-4H,13H2,(H,14,15,16). The van der Waals surface area contributed by atoms with Gasteiger partial charge in [0.15, 0.2) is 11.6 Å². The lowest BCUT2D eigenvalue weighted by atomic mass is 10.3. The second-order valence-electron chi connectivity index (χ2n) is 3.46.